The average molecular weight is 508 g/mol. The molecular formula is C24H47N2O7S+. The van der Waals surface area contributed by atoms with E-state index in [2.05, 4.69) is 27.7 Å². The molecule has 9 nitrogen and oxygen atoms in total. The topological polar surface area (TPSA) is 138 Å². The lowest BCUT2D eigenvalue weighted by atomic mass is 10.1. The molecule has 0 atom stereocenters. The molecule has 1 aromatic rings. The molecule has 0 spiro atoms. The molecule has 0 saturated heterocycles. The smallest absolute Gasteiger partial charge is 0.394 e. The van der Waals surface area contributed by atoms with E-state index in [0.29, 0.717) is 6.42 Å². The highest BCUT2D eigenvalue weighted by Crippen LogP contribution is 2.16. The van der Waals surface area contributed by atoms with E-state index in [-0.39, 0.29) is 12.3 Å². The summed E-state index contributed by atoms with van der Waals surface area (Å²) in [5.41, 5.74) is 0.986. The van der Waals surface area contributed by atoms with Gasteiger partial charge in [-0.15, -0.1) is 0 Å². The molecule has 0 heterocycles. The minimum atomic E-state index is -4.67. The van der Waals surface area contributed by atoms with E-state index in [4.69, 9.17) is 22.6 Å². The number of unbranched alkanes of at least 4 members (excludes halogenated alkanes) is 4. The number of aliphatic hydroxyl groups excluding tert-OH is 1. The van der Waals surface area contributed by atoms with Gasteiger partial charge in [-0.1, -0.05) is 65.5 Å². The molecule has 3 N–H and O–H groups in total. The summed E-state index contributed by atoms with van der Waals surface area (Å²) in [6.45, 7) is 15.1. The summed E-state index contributed by atoms with van der Waals surface area (Å²) in [7, 11) is -4.67. The van der Waals surface area contributed by atoms with Gasteiger partial charge < -0.3 is 9.59 Å². The van der Waals surface area contributed by atoms with Gasteiger partial charge in [0.15, 0.2) is 0 Å². The van der Waals surface area contributed by atoms with Gasteiger partial charge in [0.25, 0.3) is 5.69 Å². The van der Waals surface area contributed by atoms with Gasteiger partial charge in [-0.2, -0.15) is 8.42 Å². The molecule has 1 aromatic carbocycles. The number of nitro benzene ring substituents is 1. The molecule has 1 rings (SSSR count). The third-order valence-electron chi connectivity index (χ3n) is 5.49. The number of nitrogens with zero attached hydrogens (tertiary/aromatic N) is 2. The van der Waals surface area contributed by atoms with E-state index >= 15 is 0 Å². The molecule has 0 radical (unpaired) electrons. The van der Waals surface area contributed by atoms with Crippen LogP contribution in [0.3, 0.4) is 0 Å². The van der Waals surface area contributed by atoms with Crippen LogP contribution in [-0.2, 0) is 16.8 Å². The van der Waals surface area contributed by atoms with E-state index in [0.717, 1.165) is 5.56 Å². The van der Waals surface area contributed by atoms with Crippen LogP contribution in [0.5, 0.6) is 0 Å². The number of quaternary nitrogens is 1. The first-order chi connectivity index (χ1) is 16.0. The highest BCUT2D eigenvalue weighted by atomic mass is 32.3. The Kier molecular flexibility index (Phi) is 21.1. The predicted molar refractivity (Wildman–Crippen MR) is 137 cm³/mol. The second-order valence-corrected chi connectivity index (χ2v) is 9.39. The third-order valence-corrected chi connectivity index (χ3v) is 5.49. The normalized spacial score (nSPS) is 11.1. The van der Waals surface area contributed by atoms with Crippen molar-refractivity contribution in [3.8, 4) is 0 Å². The number of nitro groups is 1. The minimum Gasteiger partial charge on any atom is -0.396 e. The summed E-state index contributed by atoms with van der Waals surface area (Å²) >= 11 is 0. The highest BCUT2D eigenvalue weighted by molar-refractivity contribution is 7.79. The van der Waals surface area contributed by atoms with E-state index in [1.54, 1.807) is 12.1 Å². The highest BCUT2D eigenvalue weighted by Gasteiger charge is 2.24. The van der Waals surface area contributed by atoms with E-state index in [9.17, 15) is 10.1 Å². The second kappa shape index (κ2) is 20.8. The lowest BCUT2D eigenvalue weighted by Crippen LogP contribution is -2.50. The Morgan fingerprint density at radius 1 is 0.794 bits per heavy atom. The summed E-state index contributed by atoms with van der Waals surface area (Å²) in [4.78, 5) is 9.78. The van der Waals surface area contributed by atoms with Gasteiger partial charge >= 0.3 is 10.4 Å². The van der Waals surface area contributed by atoms with Gasteiger partial charge in [0.1, 0.15) is 0 Å². The minimum absolute atomic E-state index is 0.0673. The third kappa shape index (κ3) is 21.0. The van der Waals surface area contributed by atoms with Crippen LogP contribution < -0.4 is 0 Å². The molecule has 0 aliphatic heterocycles. The molecule has 0 aliphatic rings. The van der Waals surface area contributed by atoms with Crippen molar-refractivity contribution in [3.63, 3.8) is 0 Å². The molecule has 0 saturated carbocycles. The lowest BCUT2D eigenvalue weighted by Gasteiger charge is -2.39. The summed E-state index contributed by atoms with van der Waals surface area (Å²) in [5.74, 6) is 0. The summed E-state index contributed by atoms with van der Waals surface area (Å²) in [5, 5.41) is 18.8. The van der Waals surface area contributed by atoms with Gasteiger partial charge in [-0.05, 0) is 37.7 Å². The van der Waals surface area contributed by atoms with Crippen LogP contribution >= 0.6 is 0 Å². The van der Waals surface area contributed by atoms with Crippen LogP contribution in [0.4, 0.5) is 5.69 Å². The Morgan fingerprint density at radius 2 is 1.12 bits per heavy atom. The number of non-ortho nitro benzene ring substituents is 1. The fourth-order valence-electron chi connectivity index (χ4n) is 3.56. The summed E-state index contributed by atoms with van der Waals surface area (Å²) in [6.07, 6.45) is 11.6. The average Bonchev–Trinajstić information content (AvgIpc) is 2.78. The Balaban J connectivity index is 0. The van der Waals surface area contributed by atoms with E-state index in [1.165, 1.54) is 94.2 Å². The van der Waals surface area contributed by atoms with Crippen molar-refractivity contribution >= 4 is 16.1 Å². The van der Waals surface area contributed by atoms with Crippen molar-refractivity contribution in [2.24, 2.45) is 0 Å². The molecule has 0 aromatic heterocycles. The van der Waals surface area contributed by atoms with E-state index in [1.807, 2.05) is 0 Å². The maximum Gasteiger partial charge on any atom is 0.394 e. The molecule has 0 amide bonds. The van der Waals surface area contributed by atoms with Gasteiger partial charge in [0.05, 0.1) is 31.1 Å². The molecular weight excluding hydrogens is 460 g/mol. The zero-order valence-corrected chi connectivity index (χ0v) is 22.3. The van der Waals surface area contributed by atoms with Gasteiger partial charge in [0, 0.05) is 18.7 Å². The molecule has 200 valence electrons. The fraction of sp³-hybridized carbons (Fsp3) is 0.750. The number of benzene rings is 1. The van der Waals surface area contributed by atoms with Crippen LogP contribution in [-0.4, -0.2) is 64.8 Å². The van der Waals surface area contributed by atoms with Crippen molar-refractivity contribution in [3.05, 3.63) is 39.9 Å². The van der Waals surface area contributed by atoms with Crippen molar-refractivity contribution < 1.29 is 32.0 Å². The Morgan fingerprint density at radius 3 is 1.35 bits per heavy atom. The van der Waals surface area contributed by atoms with Gasteiger partial charge in [0.2, 0.25) is 0 Å². The first kappa shape index (κ1) is 34.6. The first-order valence-corrected chi connectivity index (χ1v) is 13.8. The number of hydrogen-bond donors (Lipinski definition) is 3. The van der Waals surface area contributed by atoms with Crippen molar-refractivity contribution in [2.45, 2.75) is 85.5 Å². The monoisotopic (exact) mass is 507 g/mol. The number of aliphatic hydroxyl groups is 1. The SMILES string of the molecule is CCCC[N+](CCCC)(CCCC)CCCC.O=S(=O)(O)O.O=[N+]([O-])c1ccc(CCO)cc1. The Labute approximate surface area is 206 Å². The van der Waals surface area contributed by atoms with E-state index < -0.39 is 15.3 Å². The molecule has 34 heavy (non-hydrogen) atoms. The Bertz CT molecular complexity index is 680. The Hall–Kier alpha value is -1.59. The standard InChI is InChI=1S/C16H36N.C8H9NO3.H2O4S/c1-5-9-13-17(14-10-6-2,15-11-7-3)16-12-8-4;10-6-5-7-1-3-8(4-2-7)9(11)12;1-5(2,3)4/h5-16H2,1-4H3;1-4,10H,5-6H2;(H2,1,2,3,4)/q+1;;. The quantitative estimate of drug-likeness (QED) is 0.124. The van der Waals surface area contributed by atoms with Crippen molar-refractivity contribution in [1.82, 2.24) is 0 Å². The lowest BCUT2D eigenvalue weighted by molar-refractivity contribution is -0.929. The molecule has 0 unspecified atom stereocenters. The van der Waals surface area contributed by atoms with Crippen LogP contribution in [0.15, 0.2) is 24.3 Å². The van der Waals surface area contributed by atoms with Gasteiger partial charge in [-0.25, -0.2) is 0 Å². The fourth-order valence-corrected chi connectivity index (χ4v) is 3.56. The largest absolute Gasteiger partial charge is 0.396 e. The summed E-state index contributed by atoms with van der Waals surface area (Å²) < 4.78 is 33.0. The number of rotatable bonds is 15. The zero-order chi connectivity index (χ0) is 26.5. The zero-order valence-electron chi connectivity index (χ0n) is 21.5. The molecule has 0 aliphatic carbocycles. The second-order valence-electron chi connectivity index (χ2n) is 8.50. The van der Waals surface area contributed by atoms with Crippen molar-refractivity contribution in [2.75, 3.05) is 32.8 Å². The maximum atomic E-state index is 10.2. The summed E-state index contributed by atoms with van der Waals surface area (Å²) in [6, 6.07) is 6.17. The van der Waals surface area contributed by atoms with Crippen LogP contribution in [0, 0.1) is 10.1 Å². The maximum absolute atomic E-state index is 10.2. The molecule has 10 heteroatoms. The number of hydrogen-bond acceptors (Lipinski definition) is 5. The van der Waals surface area contributed by atoms with Crippen LogP contribution in [0.25, 0.3) is 0 Å². The van der Waals surface area contributed by atoms with Crippen LogP contribution in [0.2, 0.25) is 0 Å². The molecule has 0 bridgehead atoms. The predicted octanol–water partition coefficient (Wildman–Crippen LogP) is 5.48. The van der Waals surface area contributed by atoms with Crippen LogP contribution in [0.1, 0.15) is 84.6 Å². The first-order valence-electron chi connectivity index (χ1n) is 12.4. The molecule has 0 fully saturated rings. The van der Waals surface area contributed by atoms with Gasteiger partial charge in [-0.3, -0.25) is 19.2 Å². The van der Waals surface area contributed by atoms with Crippen molar-refractivity contribution in [1.29, 1.82) is 0 Å².